The van der Waals surface area contributed by atoms with E-state index < -0.39 is 0 Å². The maximum Gasteiger partial charge on any atom is 0.223 e. The van der Waals surface area contributed by atoms with Crippen molar-refractivity contribution in [2.75, 3.05) is 6.54 Å². The topological polar surface area (TPSA) is 46.3 Å². The molecule has 2 N–H and O–H groups in total. The molecule has 3 rings (SSSR count). The zero-order chi connectivity index (χ0) is 16.1. The number of rotatable bonds is 8. The minimum absolute atomic E-state index is 0. The number of nitrogens with zero attached hydrogens (tertiary/aromatic N) is 1. The predicted molar refractivity (Wildman–Crippen MR) is 101 cm³/mol. The van der Waals surface area contributed by atoms with Crippen molar-refractivity contribution < 1.29 is 4.79 Å². The van der Waals surface area contributed by atoms with Crippen molar-refractivity contribution in [1.82, 2.24) is 4.90 Å². The third kappa shape index (κ3) is 4.73. The number of amides is 1. The van der Waals surface area contributed by atoms with Crippen LogP contribution in [0.1, 0.15) is 75.0 Å². The molecule has 1 atom stereocenters. The number of carbonyl (C=O) groups excluding carboxylic acids is 1. The van der Waals surface area contributed by atoms with Gasteiger partial charge in [0.15, 0.2) is 0 Å². The van der Waals surface area contributed by atoms with Gasteiger partial charge < -0.3 is 10.6 Å². The molecule has 1 aromatic rings. The van der Waals surface area contributed by atoms with Crippen LogP contribution in [-0.2, 0) is 11.2 Å². The average molecular weight is 351 g/mol. The second-order valence-corrected chi connectivity index (χ2v) is 7.09. The molecule has 2 aliphatic carbocycles. The summed E-state index contributed by atoms with van der Waals surface area (Å²) in [7, 11) is 0. The first-order chi connectivity index (χ1) is 11.3. The van der Waals surface area contributed by atoms with Gasteiger partial charge in [-0.05, 0) is 62.6 Å². The van der Waals surface area contributed by atoms with Crippen LogP contribution >= 0.6 is 12.4 Å². The largest absolute Gasteiger partial charge is 0.333 e. The van der Waals surface area contributed by atoms with Crippen molar-refractivity contribution in [2.24, 2.45) is 5.73 Å². The Balaban J connectivity index is 0.00000208. The summed E-state index contributed by atoms with van der Waals surface area (Å²) >= 11 is 0. The summed E-state index contributed by atoms with van der Waals surface area (Å²) in [5.74, 6) is 0.377. The van der Waals surface area contributed by atoms with E-state index in [2.05, 4.69) is 29.2 Å². The van der Waals surface area contributed by atoms with Crippen LogP contribution in [-0.4, -0.2) is 23.4 Å². The van der Waals surface area contributed by atoms with Gasteiger partial charge in [0.05, 0.1) is 6.04 Å². The van der Waals surface area contributed by atoms with Gasteiger partial charge in [0.25, 0.3) is 0 Å². The fraction of sp³-hybridized carbons (Fsp3) is 0.650. The standard InChI is InChI=1S/C20H30N2O.ClH/c21-15-6-2-1-3-12-20(23)22(17-13-14-17)19-11-7-9-16-8-4-5-10-18(16)19;/h4-5,8,10,17,19H,1-3,6-7,9,11-15,21H2;1H. The van der Waals surface area contributed by atoms with E-state index in [-0.39, 0.29) is 12.4 Å². The first-order valence-electron chi connectivity index (χ1n) is 9.40. The van der Waals surface area contributed by atoms with E-state index >= 15 is 0 Å². The van der Waals surface area contributed by atoms with E-state index in [0.717, 1.165) is 38.6 Å². The van der Waals surface area contributed by atoms with E-state index in [9.17, 15) is 4.79 Å². The number of hydrogen-bond donors (Lipinski definition) is 1. The van der Waals surface area contributed by atoms with Gasteiger partial charge in [-0.3, -0.25) is 4.79 Å². The number of nitrogens with two attached hydrogens (primary N) is 1. The number of benzene rings is 1. The van der Waals surface area contributed by atoms with Crippen LogP contribution in [0.5, 0.6) is 0 Å². The number of halogens is 1. The van der Waals surface area contributed by atoms with Crippen LogP contribution in [0.4, 0.5) is 0 Å². The summed E-state index contributed by atoms with van der Waals surface area (Å²) in [6.07, 6.45) is 11.0. The average Bonchev–Trinajstić information content (AvgIpc) is 3.40. The zero-order valence-electron chi connectivity index (χ0n) is 14.6. The molecular weight excluding hydrogens is 320 g/mol. The highest BCUT2D eigenvalue weighted by Gasteiger charge is 2.38. The minimum Gasteiger partial charge on any atom is -0.333 e. The Bertz CT molecular complexity index is 530. The highest BCUT2D eigenvalue weighted by Crippen LogP contribution is 2.41. The Morgan fingerprint density at radius 3 is 2.58 bits per heavy atom. The maximum atomic E-state index is 12.9. The number of unbranched alkanes of at least 4 members (excludes halogenated alkanes) is 3. The molecule has 4 heteroatoms. The van der Waals surface area contributed by atoms with Crippen molar-refractivity contribution >= 4 is 18.3 Å². The van der Waals surface area contributed by atoms with Gasteiger partial charge in [0.2, 0.25) is 5.91 Å². The molecule has 0 bridgehead atoms. The van der Waals surface area contributed by atoms with Crippen molar-refractivity contribution in [3.8, 4) is 0 Å². The molecule has 0 spiro atoms. The lowest BCUT2D eigenvalue weighted by Gasteiger charge is -2.36. The van der Waals surface area contributed by atoms with Gasteiger partial charge in [-0.25, -0.2) is 0 Å². The van der Waals surface area contributed by atoms with E-state index in [0.29, 0.717) is 24.4 Å². The molecular formula is C20H31ClN2O. The molecule has 0 aromatic heterocycles. The van der Waals surface area contributed by atoms with Crippen LogP contribution < -0.4 is 5.73 Å². The van der Waals surface area contributed by atoms with Crippen molar-refractivity contribution in [1.29, 1.82) is 0 Å². The van der Waals surface area contributed by atoms with Gasteiger partial charge in [-0.1, -0.05) is 37.1 Å². The Labute approximate surface area is 152 Å². The molecule has 1 fully saturated rings. The molecule has 24 heavy (non-hydrogen) atoms. The minimum atomic E-state index is 0. The lowest BCUT2D eigenvalue weighted by molar-refractivity contribution is -0.134. The molecule has 0 heterocycles. The van der Waals surface area contributed by atoms with Crippen molar-refractivity contribution in [2.45, 2.75) is 76.3 Å². The van der Waals surface area contributed by atoms with Crippen molar-refractivity contribution in [3.05, 3.63) is 35.4 Å². The van der Waals surface area contributed by atoms with Gasteiger partial charge in [-0.15, -0.1) is 12.4 Å². The number of carbonyl (C=O) groups is 1. The van der Waals surface area contributed by atoms with Crippen molar-refractivity contribution in [3.63, 3.8) is 0 Å². The third-order valence-electron chi connectivity index (χ3n) is 5.25. The molecule has 3 nitrogen and oxygen atoms in total. The smallest absolute Gasteiger partial charge is 0.223 e. The van der Waals surface area contributed by atoms with Gasteiger partial charge in [0, 0.05) is 12.5 Å². The zero-order valence-corrected chi connectivity index (χ0v) is 15.4. The second-order valence-electron chi connectivity index (χ2n) is 7.09. The van der Waals surface area contributed by atoms with E-state index in [4.69, 9.17) is 5.73 Å². The number of hydrogen-bond acceptors (Lipinski definition) is 2. The van der Waals surface area contributed by atoms with Crippen LogP contribution in [0.2, 0.25) is 0 Å². The Hall–Kier alpha value is -1.06. The third-order valence-corrected chi connectivity index (χ3v) is 5.25. The van der Waals surface area contributed by atoms with Crippen LogP contribution in [0.3, 0.4) is 0 Å². The molecule has 1 aromatic carbocycles. The molecule has 0 saturated heterocycles. The number of fused-ring (bicyclic) bond motifs is 1. The Morgan fingerprint density at radius 2 is 1.83 bits per heavy atom. The monoisotopic (exact) mass is 350 g/mol. The SMILES string of the molecule is Cl.NCCCCCCC(=O)N(C1CC1)C1CCCc2ccccc21. The van der Waals surface area contributed by atoms with Crippen LogP contribution in [0, 0.1) is 0 Å². The van der Waals surface area contributed by atoms with Crippen LogP contribution in [0.15, 0.2) is 24.3 Å². The van der Waals surface area contributed by atoms with E-state index in [1.165, 1.54) is 36.8 Å². The quantitative estimate of drug-likeness (QED) is 0.707. The summed E-state index contributed by atoms with van der Waals surface area (Å²) in [4.78, 5) is 15.1. The lowest BCUT2D eigenvalue weighted by Crippen LogP contribution is -2.38. The van der Waals surface area contributed by atoms with Gasteiger partial charge in [-0.2, -0.15) is 0 Å². The predicted octanol–water partition coefficient (Wildman–Crippen LogP) is 4.39. The lowest BCUT2D eigenvalue weighted by atomic mass is 9.86. The first-order valence-corrected chi connectivity index (χ1v) is 9.40. The Morgan fingerprint density at radius 1 is 1.08 bits per heavy atom. The molecule has 0 aliphatic heterocycles. The fourth-order valence-electron chi connectivity index (χ4n) is 3.91. The van der Waals surface area contributed by atoms with Gasteiger partial charge >= 0.3 is 0 Å². The van der Waals surface area contributed by atoms with Crippen LogP contribution in [0.25, 0.3) is 0 Å². The molecule has 1 amide bonds. The summed E-state index contributed by atoms with van der Waals surface area (Å²) in [5.41, 5.74) is 8.39. The van der Waals surface area contributed by atoms with E-state index in [1.807, 2.05) is 0 Å². The highest BCUT2D eigenvalue weighted by atomic mass is 35.5. The molecule has 1 saturated carbocycles. The van der Waals surface area contributed by atoms with Gasteiger partial charge in [0.1, 0.15) is 0 Å². The molecule has 1 unspecified atom stereocenters. The first kappa shape index (κ1) is 19.3. The Kier molecular flexibility index (Phi) is 7.57. The van der Waals surface area contributed by atoms with E-state index in [1.54, 1.807) is 0 Å². The molecule has 2 aliphatic rings. The molecule has 0 radical (unpaired) electrons. The summed E-state index contributed by atoms with van der Waals surface area (Å²) in [5, 5.41) is 0. The molecule has 134 valence electrons. The highest BCUT2D eigenvalue weighted by molar-refractivity contribution is 5.85. The number of aryl methyl sites for hydroxylation is 1. The maximum absolute atomic E-state index is 12.9. The summed E-state index contributed by atoms with van der Waals surface area (Å²) in [6.45, 7) is 0.765. The second kappa shape index (κ2) is 9.43. The summed E-state index contributed by atoms with van der Waals surface area (Å²) < 4.78 is 0. The summed E-state index contributed by atoms with van der Waals surface area (Å²) in [6, 6.07) is 9.56. The normalized spacial score (nSPS) is 19.3. The fourth-order valence-corrected chi connectivity index (χ4v) is 3.91.